The van der Waals surface area contributed by atoms with Crippen LogP contribution in [0.5, 0.6) is 0 Å². The van der Waals surface area contributed by atoms with Crippen molar-refractivity contribution in [2.24, 2.45) is 5.92 Å². The molecule has 7 heteroatoms. The smallest absolute Gasteiger partial charge is 0.308 e. The number of aryl methyl sites for hydroxylation is 1. The largest absolute Gasteiger partial charge is 0.481 e. The molecule has 1 aromatic rings. The Labute approximate surface area is 129 Å². The lowest BCUT2D eigenvalue weighted by Gasteiger charge is -2.30. The average Bonchev–Trinajstić information content (AvgIpc) is 2.46. The number of carbonyl (C=O) groups is 2. The first kappa shape index (κ1) is 16.5. The second-order valence-electron chi connectivity index (χ2n) is 5.68. The minimum absolute atomic E-state index is 0.130. The molecule has 1 saturated heterocycles. The van der Waals surface area contributed by atoms with E-state index in [2.05, 4.69) is 0 Å². The number of sulfone groups is 1. The van der Waals surface area contributed by atoms with E-state index in [0.29, 0.717) is 24.9 Å². The first-order valence-corrected chi connectivity index (χ1v) is 8.92. The SMILES string of the molecule is Cc1ccc(C(=O)N2CCC[C@H](C(=O)O)C2)cc1S(C)(=O)=O. The second kappa shape index (κ2) is 6.08. The molecule has 120 valence electrons. The van der Waals surface area contributed by atoms with E-state index in [1.54, 1.807) is 19.1 Å². The molecule has 1 N–H and O–H groups in total. The molecule has 1 heterocycles. The number of rotatable bonds is 3. The molecule has 0 unspecified atom stereocenters. The maximum atomic E-state index is 12.5. The Bertz CT molecular complexity index is 711. The third-order valence-electron chi connectivity index (χ3n) is 3.89. The monoisotopic (exact) mass is 325 g/mol. The quantitative estimate of drug-likeness (QED) is 0.905. The molecule has 6 nitrogen and oxygen atoms in total. The van der Waals surface area contributed by atoms with Crippen LogP contribution in [0.2, 0.25) is 0 Å². The van der Waals surface area contributed by atoms with Gasteiger partial charge in [-0.1, -0.05) is 6.07 Å². The van der Waals surface area contributed by atoms with E-state index in [1.165, 1.54) is 11.0 Å². The van der Waals surface area contributed by atoms with Gasteiger partial charge in [0.05, 0.1) is 10.8 Å². The summed E-state index contributed by atoms with van der Waals surface area (Å²) in [7, 11) is -3.41. The summed E-state index contributed by atoms with van der Waals surface area (Å²) in [6, 6.07) is 4.55. The maximum absolute atomic E-state index is 12.5. The van der Waals surface area contributed by atoms with Crippen molar-refractivity contribution in [3.05, 3.63) is 29.3 Å². The molecule has 0 spiro atoms. The van der Waals surface area contributed by atoms with Crippen molar-refractivity contribution in [2.75, 3.05) is 19.3 Å². The van der Waals surface area contributed by atoms with Crippen LogP contribution in [0.4, 0.5) is 0 Å². The number of carbonyl (C=O) groups excluding carboxylic acids is 1. The Balaban J connectivity index is 2.28. The Hall–Kier alpha value is -1.89. The van der Waals surface area contributed by atoms with Gasteiger partial charge in [-0.25, -0.2) is 8.42 Å². The Morgan fingerprint density at radius 2 is 2.00 bits per heavy atom. The van der Waals surface area contributed by atoms with E-state index in [0.717, 1.165) is 6.26 Å². The Kier molecular flexibility index (Phi) is 4.55. The van der Waals surface area contributed by atoms with Crippen molar-refractivity contribution >= 4 is 21.7 Å². The van der Waals surface area contributed by atoms with Gasteiger partial charge >= 0.3 is 5.97 Å². The van der Waals surface area contributed by atoms with Crippen LogP contribution in [0.3, 0.4) is 0 Å². The number of hydrogen-bond acceptors (Lipinski definition) is 4. The van der Waals surface area contributed by atoms with Gasteiger partial charge in [-0.05, 0) is 37.5 Å². The molecular formula is C15H19NO5S. The number of carboxylic acid groups (broad SMARTS) is 1. The standard InChI is InChI=1S/C15H19NO5S/c1-10-5-6-11(8-13(10)22(2,20)21)14(17)16-7-3-4-12(9-16)15(18)19/h5-6,8,12H,3-4,7,9H2,1-2H3,(H,18,19)/t12-/m0/s1. The lowest BCUT2D eigenvalue weighted by Crippen LogP contribution is -2.42. The predicted molar refractivity (Wildman–Crippen MR) is 80.6 cm³/mol. The zero-order valence-corrected chi connectivity index (χ0v) is 13.4. The summed E-state index contributed by atoms with van der Waals surface area (Å²) in [5.41, 5.74) is 0.859. The van der Waals surface area contributed by atoms with Gasteiger partial charge in [0, 0.05) is 24.9 Å². The number of hydrogen-bond donors (Lipinski definition) is 1. The molecule has 1 fully saturated rings. The highest BCUT2D eigenvalue weighted by Gasteiger charge is 2.29. The fraction of sp³-hybridized carbons (Fsp3) is 0.467. The van der Waals surface area contributed by atoms with Crippen LogP contribution in [0.1, 0.15) is 28.8 Å². The Morgan fingerprint density at radius 1 is 1.32 bits per heavy atom. The molecule has 1 atom stereocenters. The molecular weight excluding hydrogens is 306 g/mol. The Morgan fingerprint density at radius 3 is 2.59 bits per heavy atom. The highest BCUT2D eigenvalue weighted by atomic mass is 32.2. The average molecular weight is 325 g/mol. The van der Waals surface area contributed by atoms with Gasteiger partial charge < -0.3 is 10.0 Å². The highest BCUT2D eigenvalue weighted by molar-refractivity contribution is 7.90. The third kappa shape index (κ3) is 3.47. The van der Waals surface area contributed by atoms with Crippen LogP contribution < -0.4 is 0 Å². The highest BCUT2D eigenvalue weighted by Crippen LogP contribution is 2.22. The van der Waals surface area contributed by atoms with Crippen molar-refractivity contribution < 1.29 is 23.1 Å². The number of piperidine rings is 1. The van der Waals surface area contributed by atoms with Crippen LogP contribution in [0, 0.1) is 12.8 Å². The van der Waals surface area contributed by atoms with Gasteiger partial charge in [0.1, 0.15) is 0 Å². The van der Waals surface area contributed by atoms with Crippen LogP contribution in [-0.2, 0) is 14.6 Å². The van der Waals surface area contributed by atoms with Gasteiger partial charge in [-0.2, -0.15) is 0 Å². The van der Waals surface area contributed by atoms with E-state index in [4.69, 9.17) is 5.11 Å². The molecule has 2 rings (SSSR count). The van der Waals surface area contributed by atoms with E-state index in [9.17, 15) is 18.0 Å². The molecule has 1 aliphatic heterocycles. The molecule has 0 bridgehead atoms. The zero-order valence-electron chi connectivity index (χ0n) is 12.6. The van der Waals surface area contributed by atoms with Crippen molar-refractivity contribution in [2.45, 2.75) is 24.7 Å². The molecule has 22 heavy (non-hydrogen) atoms. The molecule has 1 aliphatic rings. The predicted octanol–water partition coefficient (Wildman–Crippen LogP) is 1.34. The first-order valence-electron chi connectivity index (χ1n) is 7.03. The normalized spacial score (nSPS) is 19.0. The van der Waals surface area contributed by atoms with Gasteiger partial charge in [0.2, 0.25) is 0 Å². The minimum atomic E-state index is -3.41. The van der Waals surface area contributed by atoms with Gasteiger partial charge in [-0.15, -0.1) is 0 Å². The number of aliphatic carboxylic acids is 1. The summed E-state index contributed by atoms with van der Waals surface area (Å²) in [5.74, 6) is -1.79. The number of benzene rings is 1. The second-order valence-corrected chi connectivity index (χ2v) is 7.67. The van der Waals surface area contributed by atoms with Gasteiger partial charge in [0.25, 0.3) is 5.91 Å². The number of carboxylic acids is 1. The summed E-state index contributed by atoms with van der Waals surface area (Å²) >= 11 is 0. The summed E-state index contributed by atoms with van der Waals surface area (Å²) in [6.07, 6.45) is 2.29. The molecule has 0 radical (unpaired) electrons. The van der Waals surface area contributed by atoms with Crippen molar-refractivity contribution in [3.63, 3.8) is 0 Å². The summed E-state index contributed by atoms with van der Waals surface area (Å²) in [6.45, 7) is 2.33. The van der Waals surface area contributed by atoms with Crippen LogP contribution >= 0.6 is 0 Å². The summed E-state index contributed by atoms with van der Waals surface area (Å²) in [5, 5.41) is 9.08. The van der Waals surface area contributed by atoms with Crippen molar-refractivity contribution in [3.8, 4) is 0 Å². The molecule has 0 aliphatic carbocycles. The number of likely N-dealkylation sites (tertiary alicyclic amines) is 1. The lowest BCUT2D eigenvalue weighted by molar-refractivity contribution is -0.143. The summed E-state index contributed by atoms with van der Waals surface area (Å²) < 4.78 is 23.5. The fourth-order valence-electron chi connectivity index (χ4n) is 2.68. The number of amides is 1. The topological polar surface area (TPSA) is 91.8 Å². The van der Waals surface area contributed by atoms with Crippen LogP contribution in [0.25, 0.3) is 0 Å². The molecule has 1 amide bonds. The number of nitrogens with zero attached hydrogens (tertiary/aromatic N) is 1. The van der Waals surface area contributed by atoms with Crippen molar-refractivity contribution in [1.29, 1.82) is 0 Å². The molecule has 1 aromatic carbocycles. The van der Waals surface area contributed by atoms with E-state index in [1.807, 2.05) is 0 Å². The van der Waals surface area contributed by atoms with E-state index < -0.39 is 21.7 Å². The van der Waals surface area contributed by atoms with Crippen molar-refractivity contribution in [1.82, 2.24) is 4.90 Å². The van der Waals surface area contributed by atoms with E-state index in [-0.39, 0.29) is 22.9 Å². The first-order chi connectivity index (χ1) is 10.2. The fourth-order valence-corrected chi connectivity index (χ4v) is 3.67. The third-order valence-corrected chi connectivity index (χ3v) is 5.13. The zero-order chi connectivity index (χ0) is 16.5. The maximum Gasteiger partial charge on any atom is 0.308 e. The lowest BCUT2D eigenvalue weighted by atomic mass is 9.97. The van der Waals surface area contributed by atoms with Crippen LogP contribution in [-0.4, -0.2) is 49.6 Å². The van der Waals surface area contributed by atoms with Crippen LogP contribution in [0.15, 0.2) is 23.1 Å². The van der Waals surface area contributed by atoms with Gasteiger partial charge in [-0.3, -0.25) is 9.59 Å². The summed E-state index contributed by atoms with van der Waals surface area (Å²) in [4.78, 5) is 25.2. The molecule has 0 aromatic heterocycles. The van der Waals surface area contributed by atoms with Gasteiger partial charge in [0.15, 0.2) is 9.84 Å². The minimum Gasteiger partial charge on any atom is -0.481 e. The van der Waals surface area contributed by atoms with E-state index >= 15 is 0 Å². The molecule has 0 saturated carbocycles.